The van der Waals surface area contributed by atoms with Crippen LogP contribution < -0.4 is 9.38 Å². The molecule has 24 heavy (non-hydrogen) atoms. The van der Waals surface area contributed by atoms with Crippen LogP contribution >= 0.6 is 0 Å². The van der Waals surface area contributed by atoms with Crippen LogP contribution in [0.25, 0.3) is 0 Å². The Balaban J connectivity index is 3.05. The lowest BCUT2D eigenvalue weighted by molar-refractivity contribution is 0.0980. The lowest BCUT2D eigenvalue weighted by Gasteiger charge is -2.14. The van der Waals surface area contributed by atoms with E-state index in [9.17, 15) is 13.2 Å². The lowest BCUT2D eigenvalue weighted by Crippen LogP contribution is -2.33. The summed E-state index contributed by atoms with van der Waals surface area (Å²) >= 11 is 0. The third-order valence-corrected chi connectivity index (χ3v) is 4.33. The summed E-state index contributed by atoms with van der Waals surface area (Å²) in [6, 6.07) is 4.18. The minimum Gasteiger partial charge on any atom is -0.512 e. The molecule has 1 rings (SSSR count). The molecule has 1 aromatic rings. The van der Waals surface area contributed by atoms with Gasteiger partial charge in [-0.05, 0) is 42.5 Å². The first-order valence-electron chi connectivity index (χ1n) is 7.46. The van der Waals surface area contributed by atoms with Crippen LogP contribution in [0.5, 0.6) is 5.75 Å². The molecule has 1 aromatic carbocycles. The van der Waals surface area contributed by atoms with E-state index in [-0.39, 0.29) is 36.0 Å². The molecule has 134 valence electrons. The van der Waals surface area contributed by atoms with Crippen molar-refractivity contribution in [2.45, 2.75) is 26.7 Å². The number of amides is 1. The monoisotopic (exact) mass is 359 g/mol. The topological polar surface area (TPSA) is 133 Å². The van der Waals surface area contributed by atoms with Crippen LogP contribution in [-0.4, -0.2) is 49.2 Å². The molecule has 0 aliphatic carbocycles. The SMILES string of the molecule is CC(C)Cc1cc(OB(O)O)ccc1C(=O)NS(=O)(=O)CCCO. The summed E-state index contributed by atoms with van der Waals surface area (Å²) in [5, 5.41) is 26.4. The number of hydrogen-bond donors (Lipinski definition) is 4. The Kier molecular flexibility index (Phi) is 7.68. The Morgan fingerprint density at radius 3 is 2.54 bits per heavy atom. The molecule has 0 atom stereocenters. The van der Waals surface area contributed by atoms with Gasteiger partial charge in [0.15, 0.2) is 0 Å². The standard InChI is InChI=1S/C14H22BNO7S/c1-10(2)8-11-9-12(23-15(19)20)4-5-13(11)14(18)16-24(21,22)7-3-6-17/h4-5,9-10,17,19-20H,3,6-8H2,1-2H3,(H,16,18). The van der Waals surface area contributed by atoms with E-state index in [4.69, 9.17) is 19.8 Å². The smallest absolute Gasteiger partial charge is 0.512 e. The minimum absolute atomic E-state index is 0.0304. The molecule has 0 heterocycles. The second-order valence-electron chi connectivity index (χ2n) is 5.69. The summed E-state index contributed by atoms with van der Waals surface area (Å²) in [5.74, 6) is -0.802. The van der Waals surface area contributed by atoms with Crippen LogP contribution in [-0.2, 0) is 16.4 Å². The zero-order chi connectivity index (χ0) is 18.3. The number of carbonyl (C=O) groups is 1. The van der Waals surface area contributed by atoms with Crippen LogP contribution in [0.3, 0.4) is 0 Å². The van der Waals surface area contributed by atoms with Gasteiger partial charge < -0.3 is 19.8 Å². The van der Waals surface area contributed by atoms with Crippen LogP contribution in [0.2, 0.25) is 0 Å². The molecule has 0 aromatic heterocycles. The van der Waals surface area contributed by atoms with Gasteiger partial charge in [-0.2, -0.15) is 0 Å². The third-order valence-electron chi connectivity index (χ3n) is 3.01. The summed E-state index contributed by atoms with van der Waals surface area (Å²) < 4.78 is 30.3. The Bertz CT molecular complexity index is 661. The van der Waals surface area contributed by atoms with E-state index in [0.29, 0.717) is 12.0 Å². The third kappa shape index (κ3) is 6.87. The maximum atomic E-state index is 12.3. The van der Waals surface area contributed by atoms with E-state index >= 15 is 0 Å². The molecule has 0 spiro atoms. The van der Waals surface area contributed by atoms with Gasteiger partial charge in [-0.15, -0.1) is 0 Å². The summed E-state index contributed by atoms with van der Waals surface area (Å²) in [5.41, 5.74) is 0.689. The van der Waals surface area contributed by atoms with Crippen LogP contribution in [0.1, 0.15) is 36.2 Å². The summed E-state index contributed by atoms with van der Waals surface area (Å²) in [6.07, 6.45) is 0.501. The molecule has 0 unspecified atom stereocenters. The molecule has 0 aliphatic rings. The molecule has 10 heteroatoms. The van der Waals surface area contributed by atoms with E-state index in [2.05, 4.69) is 0 Å². The first kappa shape index (κ1) is 20.4. The number of nitrogens with one attached hydrogen (secondary N) is 1. The maximum Gasteiger partial charge on any atom is 0.707 e. The molecule has 0 radical (unpaired) electrons. The number of benzene rings is 1. The Morgan fingerprint density at radius 2 is 2.00 bits per heavy atom. The van der Waals surface area contributed by atoms with E-state index < -0.39 is 23.3 Å². The average Bonchev–Trinajstić information content (AvgIpc) is 2.43. The molecule has 0 bridgehead atoms. The van der Waals surface area contributed by atoms with Crippen molar-refractivity contribution in [1.82, 2.24) is 4.72 Å². The fraction of sp³-hybridized carbons (Fsp3) is 0.500. The largest absolute Gasteiger partial charge is 0.707 e. The van der Waals surface area contributed by atoms with Crippen molar-refractivity contribution >= 4 is 23.3 Å². The molecule has 8 nitrogen and oxygen atoms in total. The molecule has 0 saturated carbocycles. The predicted octanol–water partition coefficient (Wildman–Crippen LogP) is -0.325. The van der Waals surface area contributed by atoms with Crippen molar-refractivity contribution in [1.29, 1.82) is 0 Å². The highest BCUT2D eigenvalue weighted by atomic mass is 32.2. The Hall–Kier alpha value is -1.62. The number of aliphatic hydroxyl groups is 1. The minimum atomic E-state index is -3.84. The summed E-state index contributed by atoms with van der Waals surface area (Å²) in [4.78, 5) is 12.3. The Labute approximate surface area is 141 Å². The first-order chi connectivity index (χ1) is 11.1. The Morgan fingerprint density at radius 1 is 1.33 bits per heavy atom. The van der Waals surface area contributed by atoms with Crippen LogP contribution in [0.4, 0.5) is 0 Å². The fourth-order valence-electron chi connectivity index (χ4n) is 2.10. The van der Waals surface area contributed by atoms with E-state index in [1.165, 1.54) is 18.2 Å². The number of hydrogen-bond acceptors (Lipinski definition) is 7. The second kappa shape index (κ2) is 9.02. The molecule has 4 N–H and O–H groups in total. The van der Waals surface area contributed by atoms with Gasteiger partial charge in [-0.25, -0.2) is 13.1 Å². The highest BCUT2D eigenvalue weighted by Crippen LogP contribution is 2.21. The van der Waals surface area contributed by atoms with Crippen molar-refractivity contribution in [3.05, 3.63) is 29.3 Å². The fourth-order valence-corrected chi connectivity index (χ4v) is 3.10. The van der Waals surface area contributed by atoms with Crippen molar-refractivity contribution < 1.29 is 33.0 Å². The highest BCUT2D eigenvalue weighted by molar-refractivity contribution is 7.90. The van der Waals surface area contributed by atoms with Crippen molar-refractivity contribution in [2.24, 2.45) is 5.92 Å². The first-order valence-corrected chi connectivity index (χ1v) is 9.11. The van der Waals surface area contributed by atoms with Crippen molar-refractivity contribution in [3.63, 3.8) is 0 Å². The van der Waals surface area contributed by atoms with Gasteiger partial charge in [0.1, 0.15) is 5.75 Å². The van der Waals surface area contributed by atoms with Gasteiger partial charge >= 0.3 is 7.32 Å². The van der Waals surface area contributed by atoms with Crippen LogP contribution in [0, 0.1) is 5.92 Å². The van der Waals surface area contributed by atoms with Gasteiger partial charge in [-0.3, -0.25) is 4.79 Å². The number of aliphatic hydroxyl groups excluding tert-OH is 1. The molecular formula is C14H22BNO7S. The maximum absolute atomic E-state index is 12.3. The molecule has 0 fully saturated rings. The van der Waals surface area contributed by atoms with E-state index in [1.54, 1.807) is 0 Å². The number of rotatable bonds is 9. The van der Waals surface area contributed by atoms with Crippen molar-refractivity contribution in [2.75, 3.05) is 12.4 Å². The van der Waals surface area contributed by atoms with Gasteiger partial charge in [0.05, 0.1) is 5.75 Å². The quantitative estimate of drug-likeness (QED) is 0.444. The van der Waals surface area contributed by atoms with Gasteiger partial charge in [0.25, 0.3) is 5.91 Å². The molecular weight excluding hydrogens is 337 g/mol. The zero-order valence-electron chi connectivity index (χ0n) is 13.6. The van der Waals surface area contributed by atoms with E-state index in [0.717, 1.165) is 0 Å². The van der Waals surface area contributed by atoms with Gasteiger partial charge in [0.2, 0.25) is 10.0 Å². The lowest BCUT2D eigenvalue weighted by atomic mass is 9.97. The highest BCUT2D eigenvalue weighted by Gasteiger charge is 2.20. The number of carbonyl (C=O) groups excluding carboxylic acids is 1. The van der Waals surface area contributed by atoms with Crippen molar-refractivity contribution in [3.8, 4) is 5.75 Å². The van der Waals surface area contributed by atoms with Crippen LogP contribution in [0.15, 0.2) is 18.2 Å². The normalized spacial score (nSPS) is 11.4. The predicted molar refractivity (Wildman–Crippen MR) is 88.8 cm³/mol. The molecule has 0 saturated heterocycles. The van der Waals surface area contributed by atoms with Gasteiger partial charge in [-0.1, -0.05) is 13.8 Å². The number of sulfonamides is 1. The molecule has 0 aliphatic heterocycles. The second-order valence-corrected chi connectivity index (χ2v) is 7.53. The summed E-state index contributed by atoms with van der Waals surface area (Å²) in [7, 11) is -5.83. The average molecular weight is 359 g/mol. The summed E-state index contributed by atoms with van der Waals surface area (Å²) in [6.45, 7) is 3.56. The zero-order valence-corrected chi connectivity index (χ0v) is 14.4. The van der Waals surface area contributed by atoms with Gasteiger partial charge in [0, 0.05) is 12.2 Å². The van der Waals surface area contributed by atoms with E-state index in [1.807, 2.05) is 18.6 Å². The molecule has 1 amide bonds.